The summed E-state index contributed by atoms with van der Waals surface area (Å²) in [7, 11) is 0. The van der Waals surface area contributed by atoms with Crippen LogP contribution in [0.3, 0.4) is 0 Å². The van der Waals surface area contributed by atoms with Crippen molar-refractivity contribution in [1.29, 1.82) is 0 Å². The van der Waals surface area contributed by atoms with Crippen LogP contribution in [0.25, 0.3) is 21.8 Å². The number of benzene rings is 3. The zero-order valence-electron chi connectivity index (χ0n) is 16.1. The number of carboxylic acids is 1. The average molecular weight is 390 g/mol. The first-order valence-electron chi connectivity index (χ1n) is 9.43. The summed E-state index contributed by atoms with van der Waals surface area (Å²) >= 11 is 1.64. The van der Waals surface area contributed by atoms with Gasteiger partial charge >= 0.3 is 5.97 Å². The van der Waals surface area contributed by atoms with E-state index < -0.39 is 5.97 Å². The lowest BCUT2D eigenvalue weighted by molar-refractivity contribution is -0.136. The number of fused-ring (bicyclic) bond motifs is 3. The van der Waals surface area contributed by atoms with Gasteiger partial charge in [0.25, 0.3) is 0 Å². The minimum atomic E-state index is -0.791. The van der Waals surface area contributed by atoms with Crippen molar-refractivity contribution >= 4 is 39.5 Å². The van der Waals surface area contributed by atoms with Crippen LogP contribution in [0.5, 0.6) is 0 Å². The number of aliphatic carboxylic acids is 1. The van der Waals surface area contributed by atoms with Crippen molar-refractivity contribution in [3.8, 4) is 0 Å². The Morgan fingerprint density at radius 1 is 1.07 bits per heavy atom. The normalized spacial score (nSPS) is 11.4. The SMILES string of the molecule is CSc1c(CC(=O)O)cc(C)c2c3ccccc3n(CCc3ccccc3)c12. The molecule has 1 N–H and O–H groups in total. The van der Waals surface area contributed by atoms with Gasteiger partial charge in [-0.05, 0) is 42.4 Å². The third-order valence-electron chi connectivity index (χ3n) is 5.28. The highest BCUT2D eigenvalue weighted by Crippen LogP contribution is 2.39. The predicted molar refractivity (Wildman–Crippen MR) is 117 cm³/mol. The molecule has 0 bridgehead atoms. The highest BCUT2D eigenvalue weighted by atomic mass is 32.2. The number of carboxylic acid groups (broad SMARTS) is 1. The topological polar surface area (TPSA) is 42.2 Å². The van der Waals surface area contributed by atoms with E-state index in [1.165, 1.54) is 27.4 Å². The number of para-hydroxylation sites is 1. The number of thioether (sulfide) groups is 1. The van der Waals surface area contributed by atoms with E-state index in [9.17, 15) is 9.90 Å². The molecule has 3 aromatic carbocycles. The Kier molecular flexibility index (Phi) is 5.14. The van der Waals surface area contributed by atoms with Gasteiger partial charge in [0.05, 0.1) is 11.9 Å². The molecule has 4 aromatic rings. The quantitative estimate of drug-likeness (QED) is 0.431. The third-order valence-corrected chi connectivity index (χ3v) is 6.14. The van der Waals surface area contributed by atoms with Crippen LogP contribution in [0, 0.1) is 6.92 Å². The van der Waals surface area contributed by atoms with Crippen LogP contribution < -0.4 is 0 Å². The van der Waals surface area contributed by atoms with E-state index in [0.717, 1.165) is 29.0 Å². The molecule has 4 rings (SSSR count). The molecule has 0 spiro atoms. The molecule has 1 heterocycles. The van der Waals surface area contributed by atoms with E-state index in [1.807, 2.05) is 12.3 Å². The molecule has 0 unspecified atom stereocenters. The summed E-state index contributed by atoms with van der Waals surface area (Å²) in [6.45, 7) is 2.95. The van der Waals surface area contributed by atoms with Gasteiger partial charge in [-0.15, -0.1) is 11.8 Å². The molecule has 0 saturated heterocycles. The van der Waals surface area contributed by atoms with Gasteiger partial charge in [-0.1, -0.05) is 54.6 Å². The molecular formula is C24H23NO2S. The van der Waals surface area contributed by atoms with E-state index in [0.29, 0.717) is 0 Å². The van der Waals surface area contributed by atoms with Crippen molar-refractivity contribution in [2.24, 2.45) is 0 Å². The molecule has 4 heteroatoms. The van der Waals surface area contributed by atoms with Crippen LogP contribution in [0.2, 0.25) is 0 Å². The minimum Gasteiger partial charge on any atom is -0.481 e. The van der Waals surface area contributed by atoms with Gasteiger partial charge in [0.1, 0.15) is 0 Å². The van der Waals surface area contributed by atoms with Crippen molar-refractivity contribution in [3.05, 3.63) is 77.4 Å². The Hall–Kier alpha value is -2.72. The summed E-state index contributed by atoms with van der Waals surface area (Å²) in [5.41, 5.74) is 5.71. The van der Waals surface area contributed by atoms with E-state index in [1.54, 1.807) is 11.8 Å². The first kappa shape index (κ1) is 18.6. The summed E-state index contributed by atoms with van der Waals surface area (Å²) < 4.78 is 2.38. The summed E-state index contributed by atoms with van der Waals surface area (Å²) in [6, 6.07) is 21.0. The number of rotatable bonds is 6. The van der Waals surface area contributed by atoms with E-state index in [-0.39, 0.29) is 6.42 Å². The van der Waals surface area contributed by atoms with Gasteiger partial charge in [-0.2, -0.15) is 0 Å². The second-order valence-electron chi connectivity index (χ2n) is 7.08. The Labute approximate surface area is 169 Å². The maximum Gasteiger partial charge on any atom is 0.307 e. The van der Waals surface area contributed by atoms with Crippen molar-refractivity contribution in [1.82, 2.24) is 4.57 Å². The smallest absolute Gasteiger partial charge is 0.307 e. The molecule has 0 saturated carbocycles. The predicted octanol–water partition coefficient (Wildman–Crippen LogP) is 5.69. The van der Waals surface area contributed by atoms with Gasteiger partial charge in [0.15, 0.2) is 0 Å². The molecule has 0 atom stereocenters. The van der Waals surface area contributed by atoms with E-state index in [4.69, 9.17) is 0 Å². The molecular weight excluding hydrogens is 366 g/mol. The molecule has 28 heavy (non-hydrogen) atoms. The highest BCUT2D eigenvalue weighted by Gasteiger charge is 2.19. The van der Waals surface area contributed by atoms with Crippen LogP contribution in [0.4, 0.5) is 0 Å². The van der Waals surface area contributed by atoms with E-state index >= 15 is 0 Å². The van der Waals surface area contributed by atoms with Crippen LogP contribution in [-0.2, 0) is 24.2 Å². The lowest BCUT2D eigenvalue weighted by atomic mass is 10.0. The molecule has 3 nitrogen and oxygen atoms in total. The maximum absolute atomic E-state index is 11.4. The lowest BCUT2D eigenvalue weighted by Crippen LogP contribution is -2.06. The maximum atomic E-state index is 11.4. The first-order valence-corrected chi connectivity index (χ1v) is 10.7. The average Bonchev–Trinajstić information content (AvgIpc) is 3.02. The summed E-state index contributed by atoms with van der Waals surface area (Å²) in [5.74, 6) is -0.791. The van der Waals surface area contributed by atoms with Gasteiger partial charge in [0, 0.05) is 27.7 Å². The third kappa shape index (κ3) is 3.29. The van der Waals surface area contributed by atoms with Crippen LogP contribution in [0.1, 0.15) is 16.7 Å². The van der Waals surface area contributed by atoms with Crippen molar-refractivity contribution in [3.63, 3.8) is 0 Å². The van der Waals surface area contributed by atoms with Crippen molar-refractivity contribution < 1.29 is 9.90 Å². The molecule has 1 aromatic heterocycles. The molecule has 0 aliphatic carbocycles. The van der Waals surface area contributed by atoms with Gasteiger partial charge in [-0.3, -0.25) is 4.79 Å². The van der Waals surface area contributed by atoms with Gasteiger partial charge < -0.3 is 9.67 Å². The molecule has 0 aliphatic heterocycles. The largest absolute Gasteiger partial charge is 0.481 e. The number of carbonyl (C=O) groups is 1. The monoisotopic (exact) mass is 389 g/mol. The van der Waals surface area contributed by atoms with Crippen molar-refractivity contribution in [2.75, 3.05) is 6.26 Å². The fourth-order valence-corrected chi connectivity index (χ4v) is 4.93. The highest BCUT2D eigenvalue weighted by molar-refractivity contribution is 7.98. The van der Waals surface area contributed by atoms with Crippen LogP contribution >= 0.6 is 11.8 Å². The fourth-order valence-electron chi connectivity index (χ4n) is 4.13. The molecule has 0 aliphatic rings. The number of hydrogen-bond donors (Lipinski definition) is 1. The van der Waals surface area contributed by atoms with Crippen molar-refractivity contribution in [2.45, 2.75) is 31.2 Å². The fraction of sp³-hybridized carbons (Fsp3) is 0.208. The number of nitrogens with zero attached hydrogens (tertiary/aromatic N) is 1. The second kappa shape index (κ2) is 7.72. The summed E-state index contributed by atoms with van der Waals surface area (Å²) in [5, 5.41) is 11.9. The zero-order valence-corrected chi connectivity index (χ0v) is 16.9. The molecule has 0 radical (unpaired) electrons. The summed E-state index contributed by atoms with van der Waals surface area (Å²) in [6.07, 6.45) is 3.02. The molecule has 0 fully saturated rings. The minimum absolute atomic E-state index is 0.0488. The second-order valence-corrected chi connectivity index (χ2v) is 7.90. The molecule has 0 amide bonds. The van der Waals surface area contributed by atoms with Crippen LogP contribution in [-0.4, -0.2) is 21.9 Å². The Balaban J connectivity index is 1.97. The number of hydrogen-bond acceptors (Lipinski definition) is 2. The molecule has 142 valence electrons. The summed E-state index contributed by atoms with van der Waals surface area (Å²) in [4.78, 5) is 12.5. The van der Waals surface area contributed by atoms with E-state index in [2.05, 4.69) is 66.1 Å². The van der Waals surface area contributed by atoms with Crippen LogP contribution in [0.15, 0.2) is 65.6 Å². The Morgan fingerprint density at radius 3 is 2.50 bits per heavy atom. The first-order chi connectivity index (χ1) is 13.6. The van der Waals surface area contributed by atoms with Gasteiger partial charge in [-0.25, -0.2) is 0 Å². The number of aryl methyl sites for hydroxylation is 3. The number of aromatic nitrogens is 1. The Bertz CT molecular complexity index is 1160. The lowest BCUT2D eigenvalue weighted by Gasteiger charge is -2.14. The van der Waals surface area contributed by atoms with Gasteiger partial charge in [0.2, 0.25) is 0 Å². The Morgan fingerprint density at radius 2 is 1.79 bits per heavy atom. The zero-order chi connectivity index (χ0) is 19.7. The standard InChI is InChI=1S/C24H23NO2S/c1-16-14-18(15-21(26)27)24(28-2)23-22(16)19-10-6-7-11-20(19)25(23)13-12-17-8-4-3-5-9-17/h3-11,14H,12-13,15H2,1-2H3,(H,26,27).